The average molecular weight is 451 g/mol. The maximum Gasteiger partial charge on any atom is 0.255 e. The second kappa shape index (κ2) is 9.70. The summed E-state index contributed by atoms with van der Waals surface area (Å²) >= 11 is 6.00. The third kappa shape index (κ3) is 5.00. The Kier molecular flexibility index (Phi) is 6.56. The van der Waals surface area contributed by atoms with Gasteiger partial charge in [-0.05, 0) is 54.6 Å². The number of rotatable bonds is 5. The van der Waals surface area contributed by atoms with Crippen LogP contribution in [-0.4, -0.2) is 55.0 Å². The number of halogens is 1. The molecule has 1 aliphatic rings. The van der Waals surface area contributed by atoms with Crippen molar-refractivity contribution in [2.75, 3.05) is 43.5 Å². The summed E-state index contributed by atoms with van der Waals surface area (Å²) in [5.74, 6) is 1.27. The SMILES string of the molecule is COc1ccc(C(=O)Nc2ccc(N3CCN(C(=O)c4cccc(Cl)c4)CC3)nc2)cc1. The molecule has 164 valence electrons. The lowest BCUT2D eigenvalue weighted by atomic mass is 10.2. The van der Waals surface area contributed by atoms with Gasteiger partial charge in [0.05, 0.1) is 19.0 Å². The summed E-state index contributed by atoms with van der Waals surface area (Å²) in [5, 5.41) is 3.40. The zero-order valence-corrected chi connectivity index (χ0v) is 18.4. The highest BCUT2D eigenvalue weighted by Gasteiger charge is 2.23. The minimum Gasteiger partial charge on any atom is -0.497 e. The third-order valence-electron chi connectivity index (χ3n) is 5.32. The second-order valence-corrected chi connectivity index (χ2v) is 7.81. The van der Waals surface area contributed by atoms with Crippen LogP contribution in [0.25, 0.3) is 0 Å². The van der Waals surface area contributed by atoms with Crippen LogP contribution in [0.1, 0.15) is 20.7 Å². The van der Waals surface area contributed by atoms with E-state index in [1.807, 2.05) is 17.0 Å². The highest BCUT2D eigenvalue weighted by atomic mass is 35.5. The molecule has 1 aromatic heterocycles. The molecular weight excluding hydrogens is 428 g/mol. The van der Waals surface area contributed by atoms with Gasteiger partial charge in [-0.15, -0.1) is 0 Å². The summed E-state index contributed by atoms with van der Waals surface area (Å²) in [7, 11) is 1.58. The molecule has 0 spiro atoms. The molecule has 0 bridgehead atoms. The number of hydrogen-bond donors (Lipinski definition) is 1. The number of ether oxygens (including phenoxy) is 1. The van der Waals surface area contributed by atoms with Gasteiger partial charge in [0, 0.05) is 42.3 Å². The molecule has 1 saturated heterocycles. The largest absolute Gasteiger partial charge is 0.497 e. The lowest BCUT2D eigenvalue weighted by Gasteiger charge is -2.35. The Balaban J connectivity index is 1.32. The summed E-state index contributed by atoms with van der Waals surface area (Å²) in [6.07, 6.45) is 1.64. The summed E-state index contributed by atoms with van der Waals surface area (Å²) < 4.78 is 5.11. The molecule has 1 N–H and O–H groups in total. The first-order valence-corrected chi connectivity index (χ1v) is 10.6. The Morgan fingerprint density at radius 3 is 2.34 bits per heavy atom. The van der Waals surface area contributed by atoms with E-state index >= 15 is 0 Å². The van der Waals surface area contributed by atoms with Crippen molar-refractivity contribution >= 4 is 34.9 Å². The minimum absolute atomic E-state index is 0.0169. The van der Waals surface area contributed by atoms with Crippen LogP contribution in [0.2, 0.25) is 5.02 Å². The molecule has 1 aliphatic heterocycles. The molecule has 8 heteroatoms. The van der Waals surface area contributed by atoms with Gasteiger partial charge in [0.15, 0.2) is 0 Å². The fraction of sp³-hybridized carbons (Fsp3) is 0.208. The van der Waals surface area contributed by atoms with E-state index in [0.717, 1.165) is 5.82 Å². The molecule has 0 saturated carbocycles. The standard InChI is InChI=1S/C24H23ClN4O3/c1-32-21-8-5-17(6-9-21)23(30)27-20-7-10-22(26-16-20)28-11-13-29(14-12-28)24(31)18-3-2-4-19(25)15-18/h2-10,15-16H,11-14H2,1H3,(H,27,30). The minimum atomic E-state index is -0.213. The predicted octanol–water partition coefficient (Wildman–Crippen LogP) is 3.96. The maximum absolute atomic E-state index is 12.7. The number of methoxy groups -OCH3 is 1. The van der Waals surface area contributed by atoms with Crippen LogP contribution in [-0.2, 0) is 0 Å². The van der Waals surface area contributed by atoms with E-state index in [1.165, 1.54) is 0 Å². The van der Waals surface area contributed by atoms with Crippen LogP contribution >= 0.6 is 11.6 Å². The van der Waals surface area contributed by atoms with Gasteiger partial charge in [0.1, 0.15) is 11.6 Å². The summed E-state index contributed by atoms with van der Waals surface area (Å²) in [6, 6.07) is 17.6. The maximum atomic E-state index is 12.7. The van der Waals surface area contributed by atoms with Crippen molar-refractivity contribution < 1.29 is 14.3 Å². The normalized spacial score (nSPS) is 13.6. The molecule has 2 aromatic carbocycles. The average Bonchev–Trinajstić information content (AvgIpc) is 2.84. The number of anilines is 2. The van der Waals surface area contributed by atoms with Gasteiger partial charge in [0.25, 0.3) is 11.8 Å². The zero-order chi connectivity index (χ0) is 22.5. The second-order valence-electron chi connectivity index (χ2n) is 7.38. The van der Waals surface area contributed by atoms with E-state index in [1.54, 1.807) is 61.8 Å². The number of pyridine rings is 1. The first-order chi connectivity index (χ1) is 15.5. The quantitative estimate of drug-likeness (QED) is 0.636. The molecule has 1 fully saturated rings. The molecule has 32 heavy (non-hydrogen) atoms. The van der Waals surface area contributed by atoms with Gasteiger partial charge in [-0.1, -0.05) is 17.7 Å². The third-order valence-corrected chi connectivity index (χ3v) is 5.56. The fourth-order valence-electron chi connectivity index (χ4n) is 3.54. The number of hydrogen-bond acceptors (Lipinski definition) is 5. The van der Waals surface area contributed by atoms with Crippen molar-refractivity contribution in [2.45, 2.75) is 0 Å². The number of nitrogens with zero attached hydrogens (tertiary/aromatic N) is 3. The summed E-state index contributed by atoms with van der Waals surface area (Å²) in [5.41, 5.74) is 1.75. The van der Waals surface area contributed by atoms with Gasteiger partial charge >= 0.3 is 0 Å². The number of piperazine rings is 1. The lowest BCUT2D eigenvalue weighted by molar-refractivity contribution is 0.0746. The Labute approximate surface area is 191 Å². The number of amides is 2. The molecule has 7 nitrogen and oxygen atoms in total. The van der Waals surface area contributed by atoms with Gasteiger partial charge < -0.3 is 19.9 Å². The molecule has 0 aliphatic carbocycles. The molecule has 0 unspecified atom stereocenters. The number of aromatic nitrogens is 1. The van der Waals surface area contributed by atoms with Crippen LogP contribution in [0.3, 0.4) is 0 Å². The molecule has 4 rings (SSSR count). The fourth-order valence-corrected chi connectivity index (χ4v) is 3.73. The Bertz CT molecular complexity index is 1090. The van der Waals surface area contributed by atoms with E-state index in [4.69, 9.17) is 16.3 Å². The van der Waals surface area contributed by atoms with Crippen molar-refractivity contribution in [1.29, 1.82) is 0 Å². The van der Waals surface area contributed by atoms with Crippen molar-refractivity contribution in [3.63, 3.8) is 0 Å². The van der Waals surface area contributed by atoms with Crippen molar-refractivity contribution in [1.82, 2.24) is 9.88 Å². The highest BCUT2D eigenvalue weighted by molar-refractivity contribution is 6.30. The summed E-state index contributed by atoms with van der Waals surface area (Å²) in [6.45, 7) is 2.56. The lowest BCUT2D eigenvalue weighted by Crippen LogP contribution is -2.49. The van der Waals surface area contributed by atoms with Gasteiger partial charge in [0.2, 0.25) is 0 Å². The zero-order valence-electron chi connectivity index (χ0n) is 17.6. The molecule has 2 amide bonds. The number of carbonyl (C=O) groups excluding carboxylic acids is 2. The van der Waals surface area contributed by atoms with Crippen LogP contribution in [0.15, 0.2) is 66.9 Å². The van der Waals surface area contributed by atoms with Crippen LogP contribution in [0.5, 0.6) is 5.75 Å². The van der Waals surface area contributed by atoms with Gasteiger partial charge in [-0.2, -0.15) is 0 Å². The van der Waals surface area contributed by atoms with Crippen LogP contribution < -0.4 is 15.0 Å². The van der Waals surface area contributed by atoms with Crippen LogP contribution in [0.4, 0.5) is 11.5 Å². The Hall–Kier alpha value is -3.58. The predicted molar refractivity (Wildman–Crippen MR) is 125 cm³/mol. The van der Waals surface area contributed by atoms with Crippen molar-refractivity contribution in [3.8, 4) is 5.75 Å². The van der Waals surface area contributed by atoms with Crippen molar-refractivity contribution in [2.24, 2.45) is 0 Å². The van der Waals surface area contributed by atoms with E-state index in [2.05, 4.69) is 15.2 Å². The number of nitrogens with one attached hydrogen (secondary N) is 1. The van der Waals surface area contributed by atoms with Gasteiger partial charge in [-0.25, -0.2) is 4.98 Å². The highest BCUT2D eigenvalue weighted by Crippen LogP contribution is 2.19. The molecule has 0 radical (unpaired) electrons. The van der Waals surface area contributed by atoms with E-state index < -0.39 is 0 Å². The van der Waals surface area contributed by atoms with E-state index in [0.29, 0.717) is 53.8 Å². The van der Waals surface area contributed by atoms with Crippen LogP contribution in [0, 0.1) is 0 Å². The van der Waals surface area contributed by atoms with Crippen molar-refractivity contribution in [3.05, 3.63) is 83.0 Å². The molecule has 2 heterocycles. The Morgan fingerprint density at radius 1 is 0.969 bits per heavy atom. The Morgan fingerprint density at radius 2 is 1.72 bits per heavy atom. The molecule has 0 atom stereocenters. The monoisotopic (exact) mass is 450 g/mol. The summed E-state index contributed by atoms with van der Waals surface area (Å²) in [4.78, 5) is 33.5. The smallest absolute Gasteiger partial charge is 0.255 e. The van der Waals surface area contributed by atoms with E-state index in [9.17, 15) is 9.59 Å². The first-order valence-electron chi connectivity index (χ1n) is 10.2. The first kappa shape index (κ1) is 21.6. The molecule has 3 aromatic rings. The number of benzene rings is 2. The number of carbonyl (C=O) groups is 2. The van der Waals surface area contributed by atoms with Gasteiger partial charge in [-0.3, -0.25) is 9.59 Å². The topological polar surface area (TPSA) is 74.8 Å². The molecular formula is C24H23ClN4O3. The van der Waals surface area contributed by atoms with E-state index in [-0.39, 0.29) is 11.8 Å².